The fraction of sp³-hybridized carbons (Fsp3) is 0.385. The molecular formula is C13H17N5O3. The van der Waals surface area contributed by atoms with Gasteiger partial charge in [-0.1, -0.05) is 0 Å². The van der Waals surface area contributed by atoms with Gasteiger partial charge in [-0.25, -0.2) is 14.5 Å². The molecule has 1 unspecified atom stereocenters. The molecule has 0 aliphatic carbocycles. The average Bonchev–Trinajstić information content (AvgIpc) is 3.08. The van der Waals surface area contributed by atoms with Crippen molar-refractivity contribution in [2.24, 2.45) is 0 Å². The summed E-state index contributed by atoms with van der Waals surface area (Å²) in [6.45, 7) is 5.42. The molecule has 0 spiro atoms. The molecule has 1 atom stereocenters. The number of carbonyl (C=O) groups is 2. The van der Waals surface area contributed by atoms with Crippen molar-refractivity contribution < 1.29 is 14.3 Å². The van der Waals surface area contributed by atoms with E-state index in [1.165, 1.54) is 17.3 Å². The van der Waals surface area contributed by atoms with Gasteiger partial charge in [0.25, 0.3) is 0 Å². The summed E-state index contributed by atoms with van der Waals surface area (Å²) in [4.78, 5) is 30.8. The molecule has 2 heterocycles. The average molecular weight is 291 g/mol. The summed E-state index contributed by atoms with van der Waals surface area (Å²) in [7, 11) is 0. The van der Waals surface area contributed by atoms with Crippen LogP contribution in [0.1, 0.15) is 35.9 Å². The number of aromatic amines is 1. The Morgan fingerprint density at radius 3 is 2.90 bits per heavy atom. The first-order valence-corrected chi connectivity index (χ1v) is 6.54. The number of aromatic nitrogens is 4. The van der Waals surface area contributed by atoms with Gasteiger partial charge in [0.1, 0.15) is 24.3 Å². The van der Waals surface area contributed by atoms with Crippen LogP contribution < -0.4 is 5.32 Å². The van der Waals surface area contributed by atoms with Gasteiger partial charge >= 0.3 is 5.97 Å². The Balaban J connectivity index is 2.16. The van der Waals surface area contributed by atoms with Gasteiger partial charge in [0.15, 0.2) is 0 Å². The number of aryl methyl sites for hydroxylation is 1. The lowest BCUT2D eigenvalue weighted by Crippen LogP contribution is -2.24. The van der Waals surface area contributed by atoms with E-state index in [2.05, 4.69) is 20.4 Å². The number of hydrogen-bond acceptors (Lipinski definition) is 5. The maximum absolute atomic E-state index is 12.2. The van der Waals surface area contributed by atoms with Gasteiger partial charge in [-0.2, -0.15) is 5.10 Å². The zero-order valence-corrected chi connectivity index (χ0v) is 12.1. The highest BCUT2D eigenvalue weighted by molar-refractivity contribution is 6.03. The maximum atomic E-state index is 12.2. The van der Waals surface area contributed by atoms with Crippen LogP contribution in [0, 0.1) is 6.92 Å². The maximum Gasteiger partial charge on any atom is 0.342 e. The molecule has 0 aromatic carbocycles. The predicted octanol–water partition coefficient (Wildman–Crippen LogP) is 1.29. The number of esters is 1. The van der Waals surface area contributed by atoms with E-state index in [1.807, 2.05) is 0 Å². The summed E-state index contributed by atoms with van der Waals surface area (Å²) in [5.41, 5.74) is 1.36. The third-order valence-corrected chi connectivity index (χ3v) is 3.03. The summed E-state index contributed by atoms with van der Waals surface area (Å²) < 4.78 is 6.41. The second-order valence-electron chi connectivity index (χ2n) is 4.46. The highest BCUT2D eigenvalue weighted by atomic mass is 16.5. The molecule has 0 fully saturated rings. The van der Waals surface area contributed by atoms with E-state index in [0.29, 0.717) is 16.9 Å². The van der Waals surface area contributed by atoms with Crippen LogP contribution in [0.25, 0.3) is 0 Å². The van der Waals surface area contributed by atoms with Crippen LogP contribution in [0.2, 0.25) is 0 Å². The quantitative estimate of drug-likeness (QED) is 0.808. The Kier molecular flexibility index (Phi) is 4.36. The third kappa shape index (κ3) is 3.10. The van der Waals surface area contributed by atoms with Crippen molar-refractivity contribution in [3.05, 3.63) is 30.1 Å². The van der Waals surface area contributed by atoms with E-state index in [0.717, 1.165) is 0 Å². The van der Waals surface area contributed by atoms with Crippen molar-refractivity contribution in [2.45, 2.75) is 26.8 Å². The van der Waals surface area contributed by atoms with Gasteiger partial charge in [-0.15, -0.1) is 0 Å². The van der Waals surface area contributed by atoms with Crippen LogP contribution in [0.15, 0.2) is 18.9 Å². The molecule has 8 nitrogen and oxygen atoms in total. The molecule has 0 saturated carbocycles. The van der Waals surface area contributed by atoms with E-state index in [-0.39, 0.29) is 12.5 Å². The highest BCUT2D eigenvalue weighted by Gasteiger charge is 2.22. The van der Waals surface area contributed by atoms with Gasteiger partial charge in [0, 0.05) is 11.9 Å². The molecule has 2 rings (SSSR count). The first-order valence-electron chi connectivity index (χ1n) is 6.54. The monoisotopic (exact) mass is 291 g/mol. The molecule has 1 amide bonds. The molecule has 2 N–H and O–H groups in total. The van der Waals surface area contributed by atoms with E-state index < -0.39 is 12.0 Å². The topological polar surface area (TPSA) is 102 Å². The zero-order valence-electron chi connectivity index (χ0n) is 12.1. The van der Waals surface area contributed by atoms with Gasteiger partial charge in [0.2, 0.25) is 5.91 Å². The van der Waals surface area contributed by atoms with Crippen LogP contribution in [0.3, 0.4) is 0 Å². The van der Waals surface area contributed by atoms with Gasteiger partial charge in [-0.3, -0.25) is 4.79 Å². The smallest absolute Gasteiger partial charge is 0.342 e. The highest BCUT2D eigenvalue weighted by Crippen LogP contribution is 2.21. The van der Waals surface area contributed by atoms with E-state index >= 15 is 0 Å². The van der Waals surface area contributed by atoms with Crippen LogP contribution >= 0.6 is 0 Å². The van der Waals surface area contributed by atoms with Crippen molar-refractivity contribution >= 4 is 17.6 Å². The minimum atomic E-state index is -0.544. The summed E-state index contributed by atoms with van der Waals surface area (Å²) >= 11 is 0. The second-order valence-corrected chi connectivity index (χ2v) is 4.46. The Bertz CT molecular complexity index is 632. The Labute approximate surface area is 121 Å². The number of carbonyl (C=O) groups excluding carboxylic acids is 2. The lowest BCUT2D eigenvalue weighted by atomic mass is 10.2. The first-order chi connectivity index (χ1) is 10.0. The molecule has 0 bridgehead atoms. The summed E-state index contributed by atoms with van der Waals surface area (Å²) in [5.74, 6) is -0.773. The molecular weight excluding hydrogens is 274 g/mol. The van der Waals surface area contributed by atoms with Crippen LogP contribution in [0.5, 0.6) is 0 Å². The van der Waals surface area contributed by atoms with Crippen molar-refractivity contribution in [3.63, 3.8) is 0 Å². The molecule has 2 aromatic rings. The van der Waals surface area contributed by atoms with Crippen LogP contribution in [0.4, 0.5) is 5.69 Å². The number of amides is 1. The number of nitrogens with one attached hydrogen (secondary N) is 2. The standard InChI is InChI=1S/C13H17N5O3/c1-4-21-13(20)11-8(2)15-5-10(11)17-12(19)9(3)18-7-14-6-16-18/h5-7,9,15H,4H2,1-3H3,(H,17,19). The van der Waals surface area contributed by atoms with Crippen molar-refractivity contribution in [1.29, 1.82) is 0 Å². The SMILES string of the molecule is CCOC(=O)c1c(NC(=O)C(C)n2cncn2)c[nH]c1C. The Morgan fingerprint density at radius 2 is 2.29 bits per heavy atom. The van der Waals surface area contributed by atoms with Gasteiger partial charge in [-0.05, 0) is 20.8 Å². The van der Waals surface area contributed by atoms with Crippen molar-refractivity contribution in [1.82, 2.24) is 19.7 Å². The molecule has 0 radical (unpaired) electrons. The number of ether oxygens (including phenoxy) is 1. The van der Waals surface area contributed by atoms with E-state index in [9.17, 15) is 9.59 Å². The number of H-pyrrole nitrogens is 1. The molecule has 0 aliphatic heterocycles. The number of nitrogens with zero attached hydrogens (tertiary/aromatic N) is 3. The fourth-order valence-electron chi connectivity index (χ4n) is 1.87. The zero-order chi connectivity index (χ0) is 15.4. The van der Waals surface area contributed by atoms with E-state index in [4.69, 9.17) is 4.74 Å². The van der Waals surface area contributed by atoms with Crippen LogP contribution in [-0.4, -0.2) is 38.2 Å². The molecule has 0 aliphatic rings. The van der Waals surface area contributed by atoms with Crippen molar-refractivity contribution in [2.75, 3.05) is 11.9 Å². The normalized spacial score (nSPS) is 12.0. The second kappa shape index (κ2) is 6.21. The van der Waals surface area contributed by atoms with Gasteiger partial charge in [0.05, 0.1) is 12.3 Å². The minimum Gasteiger partial charge on any atom is -0.462 e. The molecule has 2 aromatic heterocycles. The fourth-order valence-corrected chi connectivity index (χ4v) is 1.87. The van der Waals surface area contributed by atoms with Gasteiger partial charge < -0.3 is 15.0 Å². The molecule has 0 saturated heterocycles. The summed E-state index contributed by atoms with van der Waals surface area (Å²) in [5, 5.41) is 6.62. The first kappa shape index (κ1) is 14.8. The summed E-state index contributed by atoms with van der Waals surface area (Å²) in [6.07, 6.45) is 4.38. The largest absolute Gasteiger partial charge is 0.462 e. The third-order valence-electron chi connectivity index (χ3n) is 3.03. The minimum absolute atomic E-state index is 0.270. The Hall–Kier alpha value is -2.64. The number of anilines is 1. The number of hydrogen-bond donors (Lipinski definition) is 2. The number of rotatable bonds is 5. The lowest BCUT2D eigenvalue weighted by molar-refractivity contribution is -0.119. The Morgan fingerprint density at radius 1 is 1.52 bits per heavy atom. The van der Waals surface area contributed by atoms with E-state index in [1.54, 1.807) is 27.0 Å². The molecule has 8 heteroatoms. The molecule has 112 valence electrons. The predicted molar refractivity (Wildman–Crippen MR) is 74.8 cm³/mol. The molecule has 21 heavy (non-hydrogen) atoms. The summed E-state index contributed by atoms with van der Waals surface area (Å²) in [6, 6.07) is -0.544. The lowest BCUT2D eigenvalue weighted by Gasteiger charge is -2.12. The van der Waals surface area contributed by atoms with Crippen LogP contribution in [-0.2, 0) is 9.53 Å². The van der Waals surface area contributed by atoms with Crippen molar-refractivity contribution in [3.8, 4) is 0 Å².